The van der Waals surface area contributed by atoms with Crippen LogP contribution in [0.2, 0.25) is 0 Å². The predicted molar refractivity (Wildman–Crippen MR) is 45.7 cm³/mol. The monoisotopic (exact) mass is 168 g/mol. The summed E-state index contributed by atoms with van der Waals surface area (Å²) in [6, 6.07) is 1.21. The molecule has 1 unspecified atom stereocenters. The first-order valence-corrected chi connectivity index (χ1v) is 4.87. The van der Waals surface area contributed by atoms with Crippen LogP contribution >= 0.6 is 0 Å². The van der Waals surface area contributed by atoms with E-state index in [1.807, 2.05) is 0 Å². The first-order chi connectivity index (χ1) is 5.80. The molecule has 1 spiro atoms. The van der Waals surface area contributed by atoms with Crippen molar-refractivity contribution in [2.75, 3.05) is 19.8 Å². The summed E-state index contributed by atoms with van der Waals surface area (Å²) in [4.78, 5) is 0. The highest BCUT2D eigenvalue weighted by Gasteiger charge is 2.57. The van der Waals surface area contributed by atoms with E-state index < -0.39 is 0 Å². The van der Waals surface area contributed by atoms with E-state index in [0.717, 1.165) is 25.2 Å². The lowest BCUT2D eigenvalue weighted by atomic mass is 9.54. The van der Waals surface area contributed by atoms with E-state index in [4.69, 9.17) is 10.5 Å². The lowest BCUT2D eigenvalue weighted by Crippen LogP contribution is -2.74. The smallest absolute Gasteiger partial charge is 0.0531 e. The fourth-order valence-corrected chi connectivity index (χ4v) is 3.00. The Morgan fingerprint density at radius 1 is 1.33 bits per heavy atom. The molecule has 3 aliphatic rings. The molecule has 2 heterocycles. The normalized spacial score (nSPS) is 52.8. The van der Waals surface area contributed by atoms with Gasteiger partial charge in [0, 0.05) is 30.0 Å². The second-order valence-corrected chi connectivity index (χ2v) is 4.69. The van der Waals surface area contributed by atoms with Gasteiger partial charge in [-0.2, -0.15) is 0 Å². The third-order valence-corrected chi connectivity index (χ3v) is 3.81. The fraction of sp³-hybridized carbons (Fsp3) is 1.00. The first kappa shape index (κ1) is 7.30. The Morgan fingerprint density at radius 3 is 2.42 bits per heavy atom. The van der Waals surface area contributed by atoms with Crippen molar-refractivity contribution in [3.8, 4) is 0 Å². The average molecular weight is 168 g/mol. The molecule has 1 atom stereocenters. The average Bonchev–Trinajstić information content (AvgIpc) is 1.86. The zero-order valence-corrected chi connectivity index (χ0v) is 7.25. The number of rotatable bonds is 1. The molecule has 3 N–H and O–H groups in total. The maximum atomic E-state index is 5.83. The fourth-order valence-electron chi connectivity index (χ4n) is 3.00. The Bertz CT molecular complexity index is 197. The van der Waals surface area contributed by atoms with Crippen LogP contribution in [0.5, 0.6) is 0 Å². The van der Waals surface area contributed by atoms with Gasteiger partial charge in [0.25, 0.3) is 0 Å². The molecule has 2 aliphatic heterocycles. The summed E-state index contributed by atoms with van der Waals surface area (Å²) in [5, 5.41) is 3.53. The molecule has 2 saturated heterocycles. The highest BCUT2D eigenvalue weighted by molar-refractivity contribution is 5.13. The first-order valence-electron chi connectivity index (χ1n) is 4.87. The topological polar surface area (TPSA) is 47.3 Å². The maximum absolute atomic E-state index is 5.83. The van der Waals surface area contributed by atoms with Gasteiger partial charge in [0.15, 0.2) is 0 Å². The van der Waals surface area contributed by atoms with Crippen LogP contribution in [0.3, 0.4) is 0 Å². The minimum atomic E-state index is 0.482. The minimum absolute atomic E-state index is 0.482. The van der Waals surface area contributed by atoms with Gasteiger partial charge >= 0.3 is 0 Å². The van der Waals surface area contributed by atoms with Crippen LogP contribution in [0.1, 0.15) is 12.8 Å². The molecule has 0 aromatic rings. The summed E-state index contributed by atoms with van der Waals surface area (Å²) in [6.07, 6.45) is 2.47. The zero-order valence-electron chi connectivity index (χ0n) is 7.25. The van der Waals surface area contributed by atoms with Gasteiger partial charge < -0.3 is 15.8 Å². The molecule has 0 aromatic carbocycles. The van der Waals surface area contributed by atoms with Crippen molar-refractivity contribution < 1.29 is 4.74 Å². The van der Waals surface area contributed by atoms with Gasteiger partial charge in [-0.05, 0) is 12.8 Å². The molecule has 3 fully saturated rings. The highest BCUT2D eigenvalue weighted by Crippen LogP contribution is 2.50. The van der Waals surface area contributed by atoms with E-state index >= 15 is 0 Å². The number of ether oxygens (including phenoxy) is 1. The van der Waals surface area contributed by atoms with Crippen LogP contribution in [0.4, 0.5) is 0 Å². The summed E-state index contributed by atoms with van der Waals surface area (Å²) in [5.74, 6) is 0.784. The molecule has 12 heavy (non-hydrogen) atoms. The van der Waals surface area contributed by atoms with E-state index in [9.17, 15) is 0 Å². The Balaban J connectivity index is 1.65. The zero-order chi connectivity index (χ0) is 8.18. The van der Waals surface area contributed by atoms with Crippen LogP contribution in [-0.4, -0.2) is 31.8 Å². The van der Waals surface area contributed by atoms with E-state index in [1.54, 1.807) is 0 Å². The largest absolute Gasteiger partial charge is 0.381 e. The quantitative estimate of drug-likeness (QED) is 0.565. The van der Waals surface area contributed by atoms with Gasteiger partial charge in [0.2, 0.25) is 0 Å². The van der Waals surface area contributed by atoms with Crippen LogP contribution in [-0.2, 0) is 4.74 Å². The summed E-state index contributed by atoms with van der Waals surface area (Å²) >= 11 is 0. The van der Waals surface area contributed by atoms with Gasteiger partial charge in [0.05, 0.1) is 13.2 Å². The molecule has 3 heteroatoms. The minimum Gasteiger partial charge on any atom is -0.381 e. The second-order valence-electron chi connectivity index (χ2n) is 4.69. The Morgan fingerprint density at radius 2 is 2.08 bits per heavy atom. The second kappa shape index (κ2) is 2.22. The molecular formula is C9H16N2O. The molecule has 68 valence electrons. The van der Waals surface area contributed by atoms with Crippen LogP contribution in [0.25, 0.3) is 0 Å². The van der Waals surface area contributed by atoms with Crippen molar-refractivity contribution in [2.24, 2.45) is 17.1 Å². The molecular weight excluding hydrogens is 152 g/mol. The Kier molecular flexibility index (Phi) is 1.35. The number of hydrogen-bond donors (Lipinski definition) is 2. The summed E-state index contributed by atoms with van der Waals surface area (Å²) in [7, 11) is 0. The van der Waals surface area contributed by atoms with Crippen molar-refractivity contribution >= 4 is 0 Å². The molecule has 0 amide bonds. The molecule has 0 bridgehead atoms. The molecule has 1 aliphatic carbocycles. The van der Waals surface area contributed by atoms with Crippen molar-refractivity contribution in [1.82, 2.24) is 5.32 Å². The lowest BCUT2D eigenvalue weighted by Gasteiger charge is -2.62. The van der Waals surface area contributed by atoms with E-state index in [1.165, 1.54) is 19.4 Å². The molecule has 0 aromatic heterocycles. The number of nitrogens with one attached hydrogen (secondary N) is 1. The van der Waals surface area contributed by atoms with Gasteiger partial charge in [0.1, 0.15) is 0 Å². The van der Waals surface area contributed by atoms with Gasteiger partial charge in [-0.15, -0.1) is 0 Å². The summed E-state index contributed by atoms with van der Waals surface area (Å²) < 4.78 is 5.21. The molecule has 1 saturated carbocycles. The standard InChI is InChI=1S/C9H16N2O/c10-7-1-9(2-7)5-11-8(9)6-3-12-4-6/h6-8,11H,1-5,10H2. The highest BCUT2D eigenvalue weighted by atomic mass is 16.5. The third kappa shape index (κ3) is 0.767. The van der Waals surface area contributed by atoms with Gasteiger partial charge in [-0.25, -0.2) is 0 Å². The molecule has 3 nitrogen and oxygen atoms in total. The molecule has 0 radical (unpaired) electrons. The van der Waals surface area contributed by atoms with E-state index in [0.29, 0.717) is 11.5 Å². The third-order valence-electron chi connectivity index (χ3n) is 3.81. The summed E-state index contributed by atoms with van der Waals surface area (Å²) in [5.41, 5.74) is 6.42. The van der Waals surface area contributed by atoms with Crippen molar-refractivity contribution in [3.63, 3.8) is 0 Å². The van der Waals surface area contributed by atoms with Crippen molar-refractivity contribution in [1.29, 1.82) is 0 Å². The lowest BCUT2D eigenvalue weighted by molar-refractivity contribution is -0.131. The molecule has 3 rings (SSSR count). The van der Waals surface area contributed by atoms with Crippen LogP contribution < -0.4 is 11.1 Å². The number of hydrogen-bond acceptors (Lipinski definition) is 3. The van der Waals surface area contributed by atoms with Gasteiger partial charge in [-0.1, -0.05) is 0 Å². The van der Waals surface area contributed by atoms with E-state index in [2.05, 4.69) is 5.32 Å². The SMILES string of the molecule is NC1CC2(CNC2C2COC2)C1. The van der Waals surface area contributed by atoms with Crippen molar-refractivity contribution in [3.05, 3.63) is 0 Å². The maximum Gasteiger partial charge on any atom is 0.0531 e. The van der Waals surface area contributed by atoms with Gasteiger partial charge in [-0.3, -0.25) is 0 Å². The summed E-state index contributed by atoms with van der Waals surface area (Å²) in [6.45, 7) is 3.13. The predicted octanol–water partition coefficient (Wildman–Crippen LogP) is -0.288. The van der Waals surface area contributed by atoms with Crippen LogP contribution in [0.15, 0.2) is 0 Å². The van der Waals surface area contributed by atoms with E-state index in [-0.39, 0.29) is 0 Å². The Hall–Kier alpha value is -0.120. The number of nitrogens with two attached hydrogens (primary N) is 1. The van der Waals surface area contributed by atoms with Crippen LogP contribution in [0, 0.1) is 11.3 Å². The van der Waals surface area contributed by atoms with Crippen molar-refractivity contribution in [2.45, 2.75) is 24.9 Å². The Labute approximate surface area is 72.6 Å².